The highest BCUT2D eigenvalue weighted by Crippen LogP contribution is 2.29. The summed E-state index contributed by atoms with van der Waals surface area (Å²) < 4.78 is 0. The lowest BCUT2D eigenvalue weighted by Crippen LogP contribution is -2.15. The Hall–Kier alpha value is -2.92. The number of nitrogens with zero attached hydrogens (tertiary/aromatic N) is 1. The standard InChI is InChI=1S/C28H31NO3S/c1-3-4-5-9-12-26(29-32-2)28(31)23-15-19-25(20-16-23)33-24-17-13-22(14-18-24)27(30)21-10-7-6-8-11-21/h7,10-11,13-20H,3-6,8-9,12H2,1-2H3/b29-26-. The summed E-state index contributed by atoms with van der Waals surface area (Å²) in [5.74, 6) is -0.0209. The maximum atomic E-state index is 12.8. The average Bonchev–Trinajstić information content (AvgIpc) is 2.86. The number of carbonyl (C=O) groups is 2. The van der Waals surface area contributed by atoms with Crippen molar-refractivity contribution in [1.82, 2.24) is 0 Å². The lowest BCUT2D eigenvalue weighted by atomic mass is 9.98. The summed E-state index contributed by atoms with van der Waals surface area (Å²) in [6.45, 7) is 2.16. The molecule has 0 saturated heterocycles. The molecule has 0 amide bonds. The fourth-order valence-electron chi connectivity index (χ4n) is 3.63. The Morgan fingerprint density at radius 1 is 0.909 bits per heavy atom. The molecule has 2 aromatic rings. The van der Waals surface area contributed by atoms with Crippen molar-refractivity contribution < 1.29 is 14.4 Å². The second-order valence-electron chi connectivity index (χ2n) is 7.98. The van der Waals surface area contributed by atoms with Gasteiger partial charge in [0.2, 0.25) is 5.78 Å². The second kappa shape index (κ2) is 12.9. The van der Waals surface area contributed by atoms with Gasteiger partial charge in [-0.05, 0) is 74.2 Å². The molecule has 0 aliphatic heterocycles. The molecule has 4 nitrogen and oxygen atoms in total. The van der Waals surface area contributed by atoms with Gasteiger partial charge in [0.05, 0.1) is 0 Å². The van der Waals surface area contributed by atoms with Crippen LogP contribution >= 0.6 is 11.8 Å². The van der Waals surface area contributed by atoms with Gasteiger partial charge < -0.3 is 4.84 Å². The molecule has 2 aromatic carbocycles. The zero-order chi connectivity index (χ0) is 23.5. The third-order valence-electron chi connectivity index (χ3n) is 5.46. The molecule has 1 aliphatic carbocycles. The van der Waals surface area contributed by atoms with E-state index in [1.165, 1.54) is 7.11 Å². The third kappa shape index (κ3) is 7.29. The number of carbonyl (C=O) groups excluding carboxylic acids is 2. The average molecular weight is 462 g/mol. The summed E-state index contributed by atoms with van der Waals surface area (Å²) in [7, 11) is 1.47. The maximum Gasteiger partial charge on any atom is 0.210 e. The molecule has 0 atom stereocenters. The lowest BCUT2D eigenvalue weighted by molar-refractivity contribution is 0.103. The molecule has 0 bridgehead atoms. The molecule has 5 heteroatoms. The van der Waals surface area contributed by atoms with Crippen LogP contribution in [0.1, 0.15) is 72.6 Å². The molecule has 0 fully saturated rings. The smallest absolute Gasteiger partial charge is 0.210 e. The first kappa shape index (κ1) is 24.7. The van der Waals surface area contributed by atoms with Crippen LogP contribution in [0, 0.1) is 0 Å². The second-order valence-corrected chi connectivity index (χ2v) is 9.13. The van der Waals surface area contributed by atoms with Crippen molar-refractivity contribution >= 4 is 29.0 Å². The molecule has 0 spiro atoms. The van der Waals surface area contributed by atoms with Crippen molar-refractivity contribution in [3.8, 4) is 0 Å². The minimum Gasteiger partial charge on any atom is -0.399 e. The van der Waals surface area contributed by atoms with Gasteiger partial charge in [-0.2, -0.15) is 0 Å². The van der Waals surface area contributed by atoms with Gasteiger partial charge in [-0.1, -0.05) is 61.3 Å². The first-order valence-corrected chi connectivity index (χ1v) is 12.4. The monoisotopic (exact) mass is 461 g/mol. The highest BCUT2D eigenvalue weighted by molar-refractivity contribution is 7.99. The van der Waals surface area contributed by atoms with Gasteiger partial charge in [-0.25, -0.2) is 0 Å². The molecule has 3 rings (SSSR count). The van der Waals surface area contributed by atoms with Gasteiger partial charge in [0.1, 0.15) is 12.8 Å². The molecule has 0 radical (unpaired) electrons. The summed E-state index contributed by atoms with van der Waals surface area (Å²) in [5.41, 5.74) is 2.54. The van der Waals surface area contributed by atoms with Crippen LogP contribution in [0.15, 0.2) is 87.3 Å². The van der Waals surface area contributed by atoms with E-state index in [1.54, 1.807) is 11.8 Å². The normalized spacial score (nSPS) is 13.5. The molecule has 1 aliphatic rings. The molecule has 0 heterocycles. The van der Waals surface area contributed by atoms with Crippen LogP contribution < -0.4 is 0 Å². The summed E-state index contributed by atoms with van der Waals surface area (Å²) in [6, 6.07) is 15.2. The largest absolute Gasteiger partial charge is 0.399 e. The van der Waals surface area contributed by atoms with Crippen LogP contribution in [-0.4, -0.2) is 24.4 Å². The predicted octanol–water partition coefficient (Wildman–Crippen LogP) is 7.45. The minimum absolute atomic E-state index is 0.0635. The van der Waals surface area contributed by atoms with E-state index in [1.807, 2.05) is 66.8 Å². The number of hydrogen-bond acceptors (Lipinski definition) is 5. The zero-order valence-corrected chi connectivity index (χ0v) is 20.2. The first-order chi connectivity index (χ1) is 16.1. The Morgan fingerprint density at radius 2 is 1.58 bits per heavy atom. The molecule has 33 heavy (non-hydrogen) atoms. The number of oxime groups is 1. The van der Waals surface area contributed by atoms with E-state index in [0.29, 0.717) is 23.3 Å². The van der Waals surface area contributed by atoms with E-state index >= 15 is 0 Å². The zero-order valence-electron chi connectivity index (χ0n) is 19.4. The van der Waals surface area contributed by atoms with Gasteiger partial charge in [0.15, 0.2) is 5.78 Å². The van der Waals surface area contributed by atoms with Gasteiger partial charge in [-0.15, -0.1) is 0 Å². The number of Topliss-reactive ketones (excluding diaryl/α,β-unsaturated/α-hetero) is 2. The van der Waals surface area contributed by atoms with E-state index in [-0.39, 0.29) is 11.6 Å². The van der Waals surface area contributed by atoms with Gasteiger partial charge in [0.25, 0.3) is 0 Å². The van der Waals surface area contributed by atoms with E-state index in [0.717, 1.165) is 53.9 Å². The van der Waals surface area contributed by atoms with Crippen LogP contribution in [0.25, 0.3) is 0 Å². The molecule has 0 saturated carbocycles. The highest BCUT2D eigenvalue weighted by Gasteiger charge is 2.15. The molecule has 0 aromatic heterocycles. The highest BCUT2D eigenvalue weighted by atomic mass is 32.2. The van der Waals surface area contributed by atoms with Gasteiger partial charge in [0, 0.05) is 26.5 Å². The van der Waals surface area contributed by atoms with Crippen LogP contribution in [0.2, 0.25) is 0 Å². The third-order valence-corrected chi connectivity index (χ3v) is 6.47. The van der Waals surface area contributed by atoms with E-state index < -0.39 is 0 Å². The number of hydrogen-bond donors (Lipinski definition) is 0. The Balaban J connectivity index is 1.61. The van der Waals surface area contributed by atoms with Crippen molar-refractivity contribution in [2.75, 3.05) is 7.11 Å². The van der Waals surface area contributed by atoms with Crippen molar-refractivity contribution in [2.45, 2.75) is 61.7 Å². The lowest BCUT2D eigenvalue weighted by Gasteiger charge is -2.08. The number of benzene rings is 2. The van der Waals surface area contributed by atoms with Crippen LogP contribution in [0.5, 0.6) is 0 Å². The van der Waals surface area contributed by atoms with Gasteiger partial charge in [-0.3, -0.25) is 9.59 Å². The number of allylic oxidation sites excluding steroid dienone is 4. The minimum atomic E-state index is -0.0844. The summed E-state index contributed by atoms with van der Waals surface area (Å²) in [4.78, 5) is 32.4. The quantitative estimate of drug-likeness (QED) is 0.142. The number of rotatable bonds is 12. The van der Waals surface area contributed by atoms with Crippen molar-refractivity contribution in [3.05, 3.63) is 83.5 Å². The summed E-state index contributed by atoms with van der Waals surface area (Å²) >= 11 is 1.60. The topological polar surface area (TPSA) is 55.7 Å². The Labute approximate surface area is 200 Å². The molecular weight excluding hydrogens is 430 g/mol. The van der Waals surface area contributed by atoms with Crippen molar-refractivity contribution in [2.24, 2.45) is 5.16 Å². The maximum absolute atomic E-state index is 12.8. The molecular formula is C28H31NO3S. The fourth-order valence-corrected chi connectivity index (χ4v) is 4.45. The molecule has 0 unspecified atom stereocenters. The summed E-state index contributed by atoms with van der Waals surface area (Å²) in [6.07, 6.45) is 12.8. The van der Waals surface area contributed by atoms with Crippen LogP contribution in [-0.2, 0) is 4.84 Å². The van der Waals surface area contributed by atoms with Crippen molar-refractivity contribution in [1.29, 1.82) is 0 Å². The van der Waals surface area contributed by atoms with Crippen molar-refractivity contribution in [3.63, 3.8) is 0 Å². The Morgan fingerprint density at radius 3 is 2.15 bits per heavy atom. The van der Waals surface area contributed by atoms with Crippen LogP contribution in [0.4, 0.5) is 0 Å². The molecule has 0 N–H and O–H groups in total. The van der Waals surface area contributed by atoms with Crippen LogP contribution in [0.3, 0.4) is 0 Å². The van der Waals surface area contributed by atoms with Gasteiger partial charge >= 0.3 is 0 Å². The van der Waals surface area contributed by atoms with E-state index in [4.69, 9.17) is 4.84 Å². The first-order valence-electron chi connectivity index (χ1n) is 11.6. The Bertz CT molecular complexity index is 1030. The SMILES string of the molecule is CCCCCC/C(=N/OC)C(=O)c1ccc(Sc2ccc(C(=O)C3=CCCC=C3)cc2)cc1. The van der Waals surface area contributed by atoms with E-state index in [9.17, 15) is 9.59 Å². The number of unbranched alkanes of at least 4 members (excludes halogenated alkanes) is 3. The van der Waals surface area contributed by atoms with E-state index in [2.05, 4.69) is 12.1 Å². The summed E-state index contributed by atoms with van der Waals surface area (Å²) in [5, 5.41) is 3.97. The number of ketones is 2. The predicted molar refractivity (Wildman–Crippen MR) is 135 cm³/mol. The fraction of sp³-hybridized carbons (Fsp3) is 0.321. The molecule has 172 valence electrons. The Kier molecular flexibility index (Phi) is 9.70.